The van der Waals surface area contributed by atoms with E-state index in [1.54, 1.807) is 6.07 Å². The number of ether oxygens (including phenoxy) is 1. The summed E-state index contributed by atoms with van der Waals surface area (Å²) in [4.78, 5) is 25.3. The number of cyclic esters (lactones) is 1. The zero-order valence-corrected chi connectivity index (χ0v) is 12.3. The highest BCUT2D eigenvalue weighted by Crippen LogP contribution is 2.24. The van der Waals surface area contributed by atoms with E-state index in [0.717, 1.165) is 4.80 Å². The molecule has 1 atom stereocenters. The minimum absolute atomic E-state index is 0.182. The molecule has 1 fully saturated rings. The van der Waals surface area contributed by atoms with Crippen LogP contribution in [0.15, 0.2) is 30.6 Å². The number of hydrogen-bond donors (Lipinski definition) is 1. The Balaban J connectivity index is 1.76. The minimum Gasteiger partial charge on any atom is -0.442 e. The Bertz CT molecular complexity index is 734. The lowest BCUT2D eigenvalue weighted by Gasteiger charge is -2.14. The van der Waals surface area contributed by atoms with E-state index in [0.29, 0.717) is 5.69 Å². The lowest BCUT2D eigenvalue weighted by atomic mass is 10.2. The first-order chi connectivity index (χ1) is 11.0. The van der Waals surface area contributed by atoms with Gasteiger partial charge in [0.25, 0.3) is 0 Å². The second-order valence-electron chi connectivity index (χ2n) is 5.01. The maximum atomic E-state index is 14.2. The first kappa shape index (κ1) is 14.9. The summed E-state index contributed by atoms with van der Waals surface area (Å²) in [6.07, 6.45) is 1.84. The largest absolute Gasteiger partial charge is 0.442 e. The first-order valence-electron chi connectivity index (χ1n) is 6.93. The molecule has 9 heteroatoms. The van der Waals surface area contributed by atoms with Crippen molar-refractivity contribution in [3.05, 3.63) is 36.4 Å². The van der Waals surface area contributed by atoms with Gasteiger partial charge in [0, 0.05) is 13.0 Å². The van der Waals surface area contributed by atoms with Crippen LogP contribution >= 0.6 is 0 Å². The van der Waals surface area contributed by atoms with E-state index in [1.165, 1.54) is 36.4 Å². The third-order valence-electron chi connectivity index (χ3n) is 3.33. The van der Waals surface area contributed by atoms with Crippen molar-refractivity contribution < 1.29 is 18.7 Å². The van der Waals surface area contributed by atoms with Gasteiger partial charge in [-0.2, -0.15) is 10.2 Å². The van der Waals surface area contributed by atoms with Crippen LogP contribution < -0.4 is 10.2 Å². The molecule has 0 spiro atoms. The van der Waals surface area contributed by atoms with E-state index >= 15 is 0 Å². The number of anilines is 1. The van der Waals surface area contributed by atoms with Crippen LogP contribution in [0.25, 0.3) is 5.69 Å². The summed E-state index contributed by atoms with van der Waals surface area (Å²) in [5.74, 6) is -0.765. The van der Waals surface area contributed by atoms with E-state index in [4.69, 9.17) is 4.74 Å². The summed E-state index contributed by atoms with van der Waals surface area (Å²) in [7, 11) is 0. The molecule has 1 aliphatic rings. The molecule has 0 saturated carbocycles. The number of halogens is 1. The Morgan fingerprint density at radius 1 is 1.43 bits per heavy atom. The molecule has 23 heavy (non-hydrogen) atoms. The summed E-state index contributed by atoms with van der Waals surface area (Å²) in [5, 5.41) is 10.3. The first-order valence-corrected chi connectivity index (χ1v) is 6.93. The van der Waals surface area contributed by atoms with E-state index in [1.807, 2.05) is 0 Å². The Kier molecular flexibility index (Phi) is 3.92. The molecular formula is C14H14FN5O3. The molecule has 1 aliphatic heterocycles. The van der Waals surface area contributed by atoms with Crippen molar-refractivity contribution in [2.45, 2.75) is 13.0 Å². The standard InChI is InChI=1S/C14H14FN5O3/c1-9(21)16-7-11-8-19(14(22)23-11)10-2-3-13(12(15)6-10)20-17-4-5-18-20/h2-6,11H,7-8H2,1H3,(H,16,21). The van der Waals surface area contributed by atoms with Gasteiger partial charge in [-0.05, 0) is 12.1 Å². The average molecular weight is 319 g/mol. The van der Waals surface area contributed by atoms with Crippen LogP contribution in [0.3, 0.4) is 0 Å². The van der Waals surface area contributed by atoms with E-state index in [9.17, 15) is 14.0 Å². The fourth-order valence-electron chi connectivity index (χ4n) is 2.26. The van der Waals surface area contributed by atoms with Gasteiger partial charge in [0.2, 0.25) is 5.91 Å². The van der Waals surface area contributed by atoms with Crippen molar-refractivity contribution in [1.29, 1.82) is 0 Å². The molecule has 8 nitrogen and oxygen atoms in total. The second-order valence-corrected chi connectivity index (χ2v) is 5.01. The number of nitrogens with zero attached hydrogens (tertiary/aromatic N) is 4. The summed E-state index contributed by atoms with van der Waals surface area (Å²) >= 11 is 0. The van der Waals surface area contributed by atoms with Crippen molar-refractivity contribution >= 4 is 17.7 Å². The molecule has 0 aliphatic carbocycles. The van der Waals surface area contributed by atoms with Crippen molar-refractivity contribution in [1.82, 2.24) is 20.3 Å². The van der Waals surface area contributed by atoms with Gasteiger partial charge in [-0.1, -0.05) is 0 Å². The highest BCUT2D eigenvalue weighted by molar-refractivity contribution is 5.90. The Morgan fingerprint density at radius 2 is 2.17 bits per heavy atom. The summed E-state index contributed by atoms with van der Waals surface area (Å²) in [6, 6.07) is 4.30. The van der Waals surface area contributed by atoms with Crippen molar-refractivity contribution in [2.24, 2.45) is 0 Å². The third kappa shape index (κ3) is 3.12. The van der Waals surface area contributed by atoms with Gasteiger partial charge in [-0.15, -0.1) is 4.80 Å². The van der Waals surface area contributed by atoms with Crippen LogP contribution in [0.5, 0.6) is 0 Å². The molecular weight excluding hydrogens is 305 g/mol. The lowest BCUT2D eigenvalue weighted by molar-refractivity contribution is -0.119. The number of aromatic nitrogens is 3. The molecule has 1 N–H and O–H groups in total. The number of benzene rings is 1. The SMILES string of the molecule is CC(=O)NCC1CN(c2ccc(-n3nccn3)c(F)c2)C(=O)O1. The van der Waals surface area contributed by atoms with E-state index in [-0.39, 0.29) is 24.7 Å². The minimum atomic E-state index is -0.579. The van der Waals surface area contributed by atoms with Gasteiger partial charge in [0.05, 0.1) is 31.2 Å². The highest BCUT2D eigenvalue weighted by Gasteiger charge is 2.32. The highest BCUT2D eigenvalue weighted by atomic mass is 19.1. The maximum Gasteiger partial charge on any atom is 0.414 e. The van der Waals surface area contributed by atoms with Crippen molar-refractivity contribution in [3.63, 3.8) is 0 Å². The molecule has 0 radical (unpaired) electrons. The number of hydrogen-bond acceptors (Lipinski definition) is 5. The van der Waals surface area contributed by atoms with Crippen LogP contribution in [0.4, 0.5) is 14.9 Å². The number of carbonyl (C=O) groups is 2. The summed E-state index contributed by atoms with van der Waals surface area (Å²) in [6.45, 7) is 1.83. The number of nitrogens with one attached hydrogen (secondary N) is 1. The zero-order chi connectivity index (χ0) is 16.4. The van der Waals surface area contributed by atoms with Crippen molar-refractivity contribution in [2.75, 3.05) is 18.0 Å². The number of rotatable bonds is 4. The van der Waals surface area contributed by atoms with E-state index < -0.39 is 18.0 Å². The Morgan fingerprint density at radius 3 is 2.83 bits per heavy atom. The molecule has 1 saturated heterocycles. The summed E-state index contributed by atoms with van der Waals surface area (Å²) in [5.41, 5.74) is 0.551. The van der Waals surface area contributed by atoms with Gasteiger partial charge in [-0.25, -0.2) is 9.18 Å². The van der Waals surface area contributed by atoms with Gasteiger partial charge >= 0.3 is 6.09 Å². The van der Waals surface area contributed by atoms with Crippen LogP contribution in [0.2, 0.25) is 0 Å². The molecule has 120 valence electrons. The monoisotopic (exact) mass is 319 g/mol. The molecule has 3 rings (SSSR count). The Hall–Kier alpha value is -2.97. The van der Waals surface area contributed by atoms with Gasteiger partial charge in [0.15, 0.2) is 5.82 Å². The lowest BCUT2D eigenvalue weighted by Crippen LogP contribution is -2.33. The van der Waals surface area contributed by atoms with E-state index in [2.05, 4.69) is 15.5 Å². The quantitative estimate of drug-likeness (QED) is 0.903. The smallest absolute Gasteiger partial charge is 0.414 e. The van der Waals surface area contributed by atoms with Gasteiger partial charge in [0.1, 0.15) is 11.8 Å². The van der Waals surface area contributed by atoms with Gasteiger partial charge < -0.3 is 10.1 Å². The normalized spacial score (nSPS) is 17.2. The van der Waals surface area contributed by atoms with Crippen molar-refractivity contribution in [3.8, 4) is 5.69 Å². The predicted molar refractivity (Wildman–Crippen MR) is 77.6 cm³/mol. The number of carbonyl (C=O) groups excluding carboxylic acids is 2. The predicted octanol–water partition coefficient (Wildman–Crippen LogP) is 0.868. The third-order valence-corrected chi connectivity index (χ3v) is 3.33. The molecule has 0 bridgehead atoms. The maximum absolute atomic E-state index is 14.2. The van der Waals surface area contributed by atoms with Crippen LogP contribution in [0, 0.1) is 5.82 Å². The average Bonchev–Trinajstić information content (AvgIpc) is 3.14. The molecule has 2 aromatic rings. The summed E-state index contributed by atoms with van der Waals surface area (Å²) < 4.78 is 19.3. The Labute approximate surface area is 130 Å². The van der Waals surface area contributed by atoms with Crippen LogP contribution in [0.1, 0.15) is 6.92 Å². The number of amides is 2. The van der Waals surface area contributed by atoms with Gasteiger partial charge in [-0.3, -0.25) is 9.69 Å². The topological polar surface area (TPSA) is 89.4 Å². The molecule has 2 amide bonds. The second kappa shape index (κ2) is 6.03. The van der Waals surface area contributed by atoms with Crippen LogP contribution in [-0.2, 0) is 9.53 Å². The fraction of sp³-hybridized carbons (Fsp3) is 0.286. The molecule has 1 aromatic carbocycles. The molecule has 1 unspecified atom stereocenters. The van der Waals surface area contributed by atoms with Crippen LogP contribution in [-0.4, -0.2) is 46.2 Å². The zero-order valence-electron chi connectivity index (χ0n) is 12.3. The fourth-order valence-corrected chi connectivity index (χ4v) is 2.26. The molecule has 1 aromatic heterocycles. The molecule has 2 heterocycles.